The number of benzene rings is 1. The lowest BCUT2D eigenvalue weighted by atomic mass is 10.1. The maximum absolute atomic E-state index is 12.4. The highest BCUT2D eigenvalue weighted by atomic mass is 32.2. The minimum absolute atomic E-state index is 0.0445. The van der Waals surface area contributed by atoms with E-state index >= 15 is 0 Å². The molecule has 2 heterocycles. The topological polar surface area (TPSA) is 76.9 Å². The quantitative estimate of drug-likeness (QED) is 0.736. The standard InChI is InChI=1S/C18H20N4O2S/c1-14-5-3-6-15(9-14)13-25(23,24)21-11-16-7-4-8-19-18(16)17-10-20-22(2)12-17/h3-10,12,21H,11,13H2,1-2H3. The van der Waals surface area contributed by atoms with Gasteiger partial charge in [-0.1, -0.05) is 35.9 Å². The van der Waals surface area contributed by atoms with E-state index in [4.69, 9.17) is 0 Å². The van der Waals surface area contributed by atoms with E-state index in [-0.39, 0.29) is 12.3 Å². The van der Waals surface area contributed by atoms with E-state index in [1.165, 1.54) is 0 Å². The van der Waals surface area contributed by atoms with Gasteiger partial charge in [-0.15, -0.1) is 0 Å². The third kappa shape index (κ3) is 4.52. The summed E-state index contributed by atoms with van der Waals surface area (Å²) in [5.41, 5.74) is 4.21. The highest BCUT2D eigenvalue weighted by Gasteiger charge is 2.14. The zero-order valence-corrected chi connectivity index (χ0v) is 15.0. The lowest BCUT2D eigenvalue weighted by Gasteiger charge is -2.10. The van der Waals surface area contributed by atoms with E-state index in [2.05, 4.69) is 14.8 Å². The molecule has 0 aliphatic heterocycles. The minimum Gasteiger partial charge on any atom is -0.275 e. The molecular formula is C18H20N4O2S. The molecule has 25 heavy (non-hydrogen) atoms. The molecule has 0 saturated carbocycles. The number of nitrogens with one attached hydrogen (secondary N) is 1. The van der Waals surface area contributed by atoms with Crippen LogP contribution in [0.2, 0.25) is 0 Å². The first-order valence-corrected chi connectivity index (χ1v) is 9.54. The Kier molecular flexibility index (Phi) is 4.96. The first-order valence-electron chi connectivity index (χ1n) is 7.89. The van der Waals surface area contributed by atoms with Gasteiger partial charge in [0.15, 0.2) is 0 Å². The van der Waals surface area contributed by atoms with Crippen LogP contribution in [-0.2, 0) is 29.4 Å². The average molecular weight is 356 g/mol. The monoisotopic (exact) mass is 356 g/mol. The summed E-state index contributed by atoms with van der Waals surface area (Å²) in [5, 5.41) is 4.15. The summed E-state index contributed by atoms with van der Waals surface area (Å²) >= 11 is 0. The van der Waals surface area contributed by atoms with Crippen LogP contribution < -0.4 is 4.72 Å². The van der Waals surface area contributed by atoms with Crippen molar-refractivity contribution in [2.45, 2.75) is 19.2 Å². The van der Waals surface area contributed by atoms with Gasteiger partial charge in [-0.2, -0.15) is 5.10 Å². The highest BCUT2D eigenvalue weighted by Crippen LogP contribution is 2.20. The fourth-order valence-electron chi connectivity index (χ4n) is 2.64. The van der Waals surface area contributed by atoms with E-state index in [9.17, 15) is 8.42 Å². The molecule has 0 spiro atoms. The van der Waals surface area contributed by atoms with Gasteiger partial charge in [-0.3, -0.25) is 9.67 Å². The third-order valence-electron chi connectivity index (χ3n) is 3.79. The molecule has 0 atom stereocenters. The predicted octanol–water partition coefficient (Wildman–Crippen LogP) is 2.41. The number of rotatable bonds is 6. The number of hydrogen-bond donors (Lipinski definition) is 1. The number of pyridine rings is 1. The van der Waals surface area contributed by atoms with Gasteiger partial charge < -0.3 is 0 Å². The van der Waals surface area contributed by atoms with Crippen molar-refractivity contribution in [1.82, 2.24) is 19.5 Å². The summed E-state index contributed by atoms with van der Waals surface area (Å²) in [6, 6.07) is 11.2. The summed E-state index contributed by atoms with van der Waals surface area (Å²) in [6.07, 6.45) is 5.26. The molecular weight excluding hydrogens is 336 g/mol. The van der Waals surface area contributed by atoms with Crippen LogP contribution in [0.4, 0.5) is 0 Å². The van der Waals surface area contributed by atoms with E-state index in [1.807, 2.05) is 50.5 Å². The molecule has 7 heteroatoms. The van der Waals surface area contributed by atoms with Crippen molar-refractivity contribution < 1.29 is 8.42 Å². The molecule has 2 aromatic heterocycles. The fraction of sp³-hybridized carbons (Fsp3) is 0.222. The van der Waals surface area contributed by atoms with Crippen molar-refractivity contribution in [2.24, 2.45) is 7.05 Å². The van der Waals surface area contributed by atoms with Crippen LogP contribution >= 0.6 is 0 Å². The Morgan fingerprint density at radius 1 is 1.20 bits per heavy atom. The summed E-state index contributed by atoms with van der Waals surface area (Å²) in [6.45, 7) is 2.13. The molecule has 0 radical (unpaired) electrons. The zero-order valence-electron chi connectivity index (χ0n) is 14.2. The average Bonchev–Trinajstić information content (AvgIpc) is 2.99. The van der Waals surface area contributed by atoms with Crippen LogP contribution in [0.3, 0.4) is 0 Å². The molecule has 1 N–H and O–H groups in total. The maximum atomic E-state index is 12.4. The van der Waals surface area contributed by atoms with Gasteiger partial charge in [0.25, 0.3) is 0 Å². The molecule has 0 aliphatic rings. The Hall–Kier alpha value is -2.51. The molecule has 0 unspecified atom stereocenters. The first-order chi connectivity index (χ1) is 11.9. The molecule has 3 aromatic rings. The number of aromatic nitrogens is 3. The molecule has 0 amide bonds. The van der Waals surface area contributed by atoms with E-state index in [0.717, 1.165) is 27.9 Å². The second kappa shape index (κ2) is 7.16. The predicted molar refractivity (Wildman–Crippen MR) is 97.1 cm³/mol. The summed E-state index contributed by atoms with van der Waals surface area (Å²) < 4.78 is 29.1. The fourth-order valence-corrected chi connectivity index (χ4v) is 3.74. The SMILES string of the molecule is Cc1cccc(CS(=O)(=O)NCc2cccnc2-c2cnn(C)c2)c1. The van der Waals surface area contributed by atoms with Crippen molar-refractivity contribution in [3.63, 3.8) is 0 Å². The second-order valence-corrected chi connectivity index (χ2v) is 7.79. The molecule has 0 bridgehead atoms. The van der Waals surface area contributed by atoms with E-state index < -0.39 is 10.0 Å². The summed E-state index contributed by atoms with van der Waals surface area (Å²) in [5.74, 6) is -0.0445. The van der Waals surface area contributed by atoms with Gasteiger partial charge in [0.05, 0.1) is 17.6 Å². The maximum Gasteiger partial charge on any atom is 0.216 e. The Bertz CT molecular complexity index is 980. The van der Waals surface area contributed by atoms with Gasteiger partial charge in [-0.25, -0.2) is 13.1 Å². The zero-order chi connectivity index (χ0) is 17.9. The largest absolute Gasteiger partial charge is 0.275 e. The van der Waals surface area contributed by atoms with E-state index in [1.54, 1.807) is 23.1 Å². The van der Waals surface area contributed by atoms with Crippen molar-refractivity contribution in [3.05, 3.63) is 71.7 Å². The first kappa shape index (κ1) is 17.3. The lowest BCUT2D eigenvalue weighted by Crippen LogP contribution is -2.25. The third-order valence-corrected chi connectivity index (χ3v) is 5.09. The van der Waals surface area contributed by atoms with Crippen LogP contribution in [-0.4, -0.2) is 23.2 Å². The number of hydrogen-bond acceptors (Lipinski definition) is 4. The van der Waals surface area contributed by atoms with Crippen molar-refractivity contribution >= 4 is 10.0 Å². The molecule has 0 saturated heterocycles. The normalized spacial score (nSPS) is 11.6. The Morgan fingerprint density at radius 2 is 2.04 bits per heavy atom. The van der Waals surface area contributed by atoms with Gasteiger partial charge in [-0.05, 0) is 24.1 Å². The Morgan fingerprint density at radius 3 is 2.76 bits per heavy atom. The molecule has 0 aliphatic carbocycles. The highest BCUT2D eigenvalue weighted by molar-refractivity contribution is 7.88. The van der Waals surface area contributed by atoms with Crippen molar-refractivity contribution in [3.8, 4) is 11.3 Å². The van der Waals surface area contributed by atoms with Gasteiger partial charge in [0.2, 0.25) is 10.0 Å². The van der Waals surface area contributed by atoms with Crippen LogP contribution in [0.25, 0.3) is 11.3 Å². The van der Waals surface area contributed by atoms with Crippen molar-refractivity contribution in [2.75, 3.05) is 0 Å². The summed E-state index contributed by atoms with van der Waals surface area (Å²) in [4.78, 5) is 4.37. The minimum atomic E-state index is -3.44. The molecule has 1 aromatic carbocycles. The van der Waals surface area contributed by atoms with Crippen LogP contribution in [0, 0.1) is 6.92 Å². The van der Waals surface area contributed by atoms with Crippen LogP contribution in [0.15, 0.2) is 55.0 Å². The molecule has 0 fully saturated rings. The van der Waals surface area contributed by atoms with Gasteiger partial charge in [0.1, 0.15) is 0 Å². The number of aryl methyl sites for hydroxylation is 2. The van der Waals surface area contributed by atoms with Gasteiger partial charge >= 0.3 is 0 Å². The second-order valence-electron chi connectivity index (χ2n) is 5.98. The lowest BCUT2D eigenvalue weighted by molar-refractivity contribution is 0.580. The summed E-state index contributed by atoms with van der Waals surface area (Å²) in [7, 11) is -1.61. The Labute approximate surface area is 147 Å². The Balaban J connectivity index is 1.75. The van der Waals surface area contributed by atoms with E-state index in [0.29, 0.717) is 0 Å². The van der Waals surface area contributed by atoms with Crippen LogP contribution in [0.1, 0.15) is 16.7 Å². The van der Waals surface area contributed by atoms with Gasteiger partial charge in [0, 0.05) is 31.5 Å². The van der Waals surface area contributed by atoms with Crippen molar-refractivity contribution in [1.29, 1.82) is 0 Å². The number of sulfonamides is 1. The number of nitrogens with zero attached hydrogens (tertiary/aromatic N) is 3. The molecule has 3 rings (SSSR count). The molecule has 130 valence electrons. The smallest absolute Gasteiger partial charge is 0.216 e. The molecule has 6 nitrogen and oxygen atoms in total. The van der Waals surface area contributed by atoms with Crippen LogP contribution in [0.5, 0.6) is 0 Å².